The molecule has 0 atom stereocenters. The molecule has 1 heterocycles. The van der Waals surface area contributed by atoms with Gasteiger partial charge >= 0.3 is 0 Å². The van der Waals surface area contributed by atoms with Crippen LogP contribution in [0.2, 0.25) is 0 Å². The van der Waals surface area contributed by atoms with Crippen molar-refractivity contribution < 1.29 is 17.6 Å². The lowest BCUT2D eigenvalue weighted by Crippen LogP contribution is -2.43. The van der Waals surface area contributed by atoms with Crippen LogP contribution in [0.15, 0.2) is 77.7 Å². The molecular formula is C24H25FN4O3S. The Kier molecular flexibility index (Phi) is 6.90. The van der Waals surface area contributed by atoms with Gasteiger partial charge in [0.25, 0.3) is 15.9 Å². The standard InChI is InChI=1S/C24H25FN4O3S/c25-20-7-9-21(10-8-20)33(31,32)28-22-16-19(6-11-23(22)29-14-12-26-13-15-29)24(30)27-17-18-4-2-1-3-5-18/h1-11,16,26,28H,12-15,17H2,(H,27,30). The average molecular weight is 469 g/mol. The second kappa shape index (κ2) is 10.0. The third-order valence-electron chi connectivity index (χ3n) is 5.38. The first-order chi connectivity index (χ1) is 15.9. The van der Waals surface area contributed by atoms with Crippen molar-refractivity contribution in [3.8, 4) is 0 Å². The van der Waals surface area contributed by atoms with Crippen LogP contribution < -0.4 is 20.3 Å². The number of sulfonamides is 1. The van der Waals surface area contributed by atoms with Gasteiger partial charge in [0.1, 0.15) is 5.82 Å². The first-order valence-electron chi connectivity index (χ1n) is 10.6. The van der Waals surface area contributed by atoms with Crippen molar-refractivity contribution in [1.29, 1.82) is 0 Å². The Labute approximate surface area is 192 Å². The molecule has 0 aliphatic carbocycles. The highest BCUT2D eigenvalue weighted by molar-refractivity contribution is 7.92. The molecule has 1 saturated heterocycles. The number of amides is 1. The molecular weight excluding hydrogens is 443 g/mol. The van der Waals surface area contributed by atoms with E-state index in [0.29, 0.717) is 36.6 Å². The highest BCUT2D eigenvalue weighted by Crippen LogP contribution is 2.30. The molecule has 0 radical (unpaired) electrons. The molecule has 0 saturated carbocycles. The number of benzene rings is 3. The van der Waals surface area contributed by atoms with Crippen LogP contribution in [0.3, 0.4) is 0 Å². The molecule has 0 bridgehead atoms. The second-order valence-electron chi connectivity index (χ2n) is 7.70. The lowest BCUT2D eigenvalue weighted by molar-refractivity contribution is 0.0951. The molecule has 1 aliphatic rings. The average Bonchev–Trinajstić information content (AvgIpc) is 2.84. The molecule has 4 rings (SSSR count). The van der Waals surface area contributed by atoms with E-state index in [9.17, 15) is 17.6 Å². The molecule has 1 amide bonds. The van der Waals surface area contributed by atoms with Crippen LogP contribution in [0.4, 0.5) is 15.8 Å². The molecule has 7 nitrogen and oxygen atoms in total. The van der Waals surface area contributed by atoms with Crippen molar-refractivity contribution in [3.05, 3.63) is 89.7 Å². The molecule has 0 unspecified atom stereocenters. The van der Waals surface area contributed by atoms with E-state index in [1.807, 2.05) is 30.3 Å². The van der Waals surface area contributed by atoms with Gasteiger partial charge in [0.15, 0.2) is 0 Å². The van der Waals surface area contributed by atoms with Gasteiger partial charge in [-0.05, 0) is 48.0 Å². The SMILES string of the molecule is O=C(NCc1ccccc1)c1ccc(N2CCNCC2)c(NS(=O)(=O)c2ccc(F)cc2)c1. The molecule has 0 spiro atoms. The van der Waals surface area contributed by atoms with Gasteiger partial charge < -0.3 is 15.5 Å². The maximum Gasteiger partial charge on any atom is 0.261 e. The Morgan fingerprint density at radius 3 is 2.36 bits per heavy atom. The van der Waals surface area contributed by atoms with Crippen LogP contribution in [-0.2, 0) is 16.6 Å². The molecule has 3 aromatic rings. The fourth-order valence-corrected chi connectivity index (χ4v) is 4.70. The van der Waals surface area contributed by atoms with Gasteiger partial charge in [0.2, 0.25) is 0 Å². The maximum absolute atomic E-state index is 13.3. The smallest absolute Gasteiger partial charge is 0.261 e. The summed E-state index contributed by atoms with van der Waals surface area (Å²) in [5, 5.41) is 6.13. The van der Waals surface area contributed by atoms with Crippen molar-refractivity contribution in [1.82, 2.24) is 10.6 Å². The number of piperazine rings is 1. The van der Waals surface area contributed by atoms with Crippen LogP contribution in [0.5, 0.6) is 0 Å². The maximum atomic E-state index is 13.3. The van der Waals surface area contributed by atoms with E-state index in [0.717, 1.165) is 30.8 Å². The number of hydrogen-bond donors (Lipinski definition) is 3. The molecule has 1 fully saturated rings. The van der Waals surface area contributed by atoms with Crippen molar-refractivity contribution in [2.75, 3.05) is 35.8 Å². The lowest BCUT2D eigenvalue weighted by atomic mass is 10.1. The van der Waals surface area contributed by atoms with Gasteiger partial charge in [0.05, 0.1) is 16.3 Å². The van der Waals surface area contributed by atoms with Gasteiger partial charge in [0, 0.05) is 38.3 Å². The summed E-state index contributed by atoms with van der Waals surface area (Å²) < 4.78 is 41.8. The van der Waals surface area contributed by atoms with Crippen LogP contribution in [0.25, 0.3) is 0 Å². The van der Waals surface area contributed by atoms with Crippen LogP contribution in [-0.4, -0.2) is 40.5 Å². The summed E-state index contributed by atoms with van der Waals surface area (Å²) in [6.45, 7) is 3.29. The van der Waals surface area contributed by atoms with E-state index in [2.05, 4.69) is 20.3 Å². The molecule has 172 valence electrons. The first-order valence-corrected chi connectivity index (χ1v) is 12.1. The Bertz CT molecular complexity index is 1210. The third-order valence-corrected chi connectivity index (χ3v) is 6.76. The number of rotatable bonds is 7. The van der Waals surface area contributed by atoms with E-state index >= 15 is 0 Å². The largest absolute Gasteiger partial charge is 0.367 e. The highest BCUT2D eigenvalue weighted by atomic mass is 32.2. The Hall–Kier alpha value is -3.43. The van der Waals surface area contributed by atoms with Crippen LogP contribution in [0.1, 0.15) is 15.9 Å². The van der Waals surface area contributed by atoms with Crippen LogP contribution >= 0.6 is 0 Å². The summed E-state index contributed by atoms with van der Waals surface area (Å²) in [5.74, 6) is -0.833. The number of halogens is 1. The van der Waals surface area contributed by atoms with Gasteiger partial charge in [-0.1, -0.05) is 30.3 Å². The molecule has 3 aromatic carbocycles. The number of nitrogens with zero attached hydrogens (tertiary/aromatic N) is 1. The summed E-state index contributed by atoms with van der Waals surface area (Å²) in [7, 11) is -3.98. The Morgan fingerprint density at radius 1 is 0.970 bits per heavy atom. The van der Waals surface area contributed by atoms with Crippen molar-refractivity contribution in [2.45, 2.75) is 11.4 Å². The fourth-order valence-electron chi connectivity index (χ4n) is 3.64. The van der Waals surface area contributed by atoms with Gasteiger partial charge in [-0.15, -0.1) is 0 Å². The van der Waals surface area contributed by atoms with Gasteiger partial charge in [-0.3, -0.25) is 9.52 Å². The zero-order chi connectivity index (χ0) is 23.3. The van der Waals surface area contributed by atoms with E-state index in [1.165, 1.54) is 12.1 Å². The minimum atomic E-state index is -3.98. The number of anilines is 2. The van der Waals surface area contributed by atoms with Crippen LogP contribution in [0, 0.1) is 5.82 Å². The minimum absolute atomic E-state index is 0.0610. The van der Waals surface area contributed by atoms with E-state index in [4.69, 9.17) is 0 Å². The molecule has 3 N–H and O–H groups in total. The first kappa shape index (κ1) is 22.8. The topological polar surface area (TPSA) is 90.5 Å². The summed E-state index contributed by atoms with van der Waals surface area (Å²) >= 11 is 0. The molecule has 33 heavy (non-hydrogen) atoms. The number of hydrogen-bond acceptors (Lipinski definition) is 5. The minimum Gasteiger partial charge on any atom is -0.367 e. The van der Waals surface area contributed by atoms with Gasteiger partial charge in [-0.25, -0.2) is 12.8 Å². The second-order valence-corrected chi connectivity index (χ2v) is 9.38. The predicted molar refractivity (Wildman–Crippen MR) is 126 cm³/mol. The summed E-state index contributed by atoms with van der Waals surface area (Å²) in [4.78, 5) is 14.8. The third kappa shape index (κ3) is 5.68. The fraction of sp³-hybridized carbons (Fsp3) is 0.208. The number of carbonyl (C=O) groups is 1. The normalized spacial score (nSPS) is 14.0. The van der Waals surface area contributed by atoms with E-state index in [1.54, 1.807) is 18.2 Å². The molecule has 9 heteroatoms. The monoisotopic (exact) mass is 468 g/mol. The quantitative estimate of drug-likeness (QED) is 0.496. The zero-order valence-electron chi connectivity index (χ0n) is 17.9. The number of carbonyl (C=O) groups excluding carboxylic acids is 1. The highest BCUT2D eigenvalue weighted by Gasteiger charge is 2.21. The van der Waals surface area contributed by atoms with Crippen molar-refractivity contribution >= 4 is 27.3 Å². The summed E-state index contributed by atoms with van der Waals surface area (Å²) in [6, 6.07) is 19.1. The molecule has 1 aliphatic heterocycles. The number of nitrogens with one attached hydrogen (secondary N) is 3. The molecule has 0 aromatic heterocycles. The van der Waals surface area contributed by atoms with E-state index < -0.39 is 15.8 Å². The zero-order valence-corrected chi connectivity index (χ0v) is 18.7. The lowest BCUT2D eigenvalue weighted by Gasteiger charge is -2.31. The van der Waals surface area contributed by atoms with Crippen molar-refractivity contribution in [2.24, 2.45) is 0 Å². The predicted octanol–water partition coefficient (Wildman–Crippen LogP) is 2.97. The van der Waals surface area contributed by atoms with Gasteiger partial charge in [-0.2, -0.15) is 0 Å². The Balaban J connectivity index is 1.61. The summed E-state index contributed by atoms with van der Waals surface area (Å²) in [6.07, 6.45) is 0. The van der Waals surface area contributed by atoms with Crippen molar-refractivity contribution in [3.63, 3.8) is 0 Å². The Morgan fingerprint density at radius 2 is 1.67 bits per heavy atom. The summed E-state index contributed by atoms with van der Waals surface area (Å²) in [5.41, 5.74) is 2.28. The van der Waals surface area contributed by atoms with E-state index in [-0.39, 0.29) is 10.8 Å².